The first-order valence-electron chi connectivity index (χ1n) is 6.75. The molecule has 4 heteroatoms. The van der Waals surface area contributed by atoms with Gasteiger partial charge in [-0.05, 0) is 24.5 Å². The molecule has 1 aliphatic rings. The van der Waals surface area contributed by atoms with Gasteiger partial charge >= 0.3 is 0 Å². The molecule has 3 rings (SSSR count). The van der Waals surface area contributed by atoms with Crippen LogP contribution in [0.4, 0.5) is 0 Å². The van der Waals surface area contributed by atoms with E-state index in [9.17, 15) is 9.90 Å². The number of nitrogens with zero attached hydrogens (tertiary/aromatic N) is 1. The third-order valence-corrected chi connectivity index (χ3v) is 3.80. The van der Waals surface area contributed by atoms with Gasteiger partial charge in [0.25, 0.3) is 0 Å². The summed E-state index contributed by atoms with van der Waals surface area (Å²) in [4.78, 5) is 16.8. The number of rotatable bonds is 3. The minimum Gasteiger partial charge on any atom is -0.391 e. The van der Waals surface area contributed by atoms with Gasteiger partial charge in [0.1, 0.15) is 0 Å². The maximum atomic E-state index is 11.8. The molecule has 19 heavy (non-hydrogen) atoms. The Hall–Kier alpha value is -1.81. The molecule has 1 fully saturated rings. The number of aliphatic hydroxyl groups is 1. The number of amides is 1. The second-order valence-corrected chi connectivity index (χ2v) is 5.14. The van der Waals surface area contributed by atoms with E-state index < -0.39 is 0 Å². The lowest BCUT2D eigenvalue weighted by Gasteiger charge is -2.29. The summed E-state index contributed by atoms with van der Waals surface area (Å²) in [6, 6.07) is 8.17. The average molecular weight is 258 g/mol. The van der Waals surface area contributed by atoms with E-state index in [2.05, 4.69) is 17.1 Å². The predicted octanol–water partition coefficient (Wildman–Crippen LogP) is 1.69. The topological polar surface area (TPSA) is 56.3 Å². The highest BCUT2D eigenvalue weighted by Gasteiger charge is 2.23. The van der Waals surface area contributed by atoms with E-state index in [0.717, 1.165) is 11.9 Å². The number of carbonyl (C=O) groups is 1. The maximum Gasteiger partial charge on any atom is 0.222 e. The van der Waals surface area contributed by atoms with E-state index in [0.29, 0.717) is 25.9 Å². The van der Waals surface area contributed by atoms with Gasteiger partial charge in [-0.15, -0.1) is 0 Å². The van der Waals surface area contributed by atoms with E-state index in [1.54, 1.807) is 4.90 Å². The Morgan fingerprint density at radius 3 is 3.11 bits per heavy atom. The van der Waals surface area contributed by atoms with Crippen LogP contribution in [0.2, 0.25) is 0 Å². The molecule has 0 saturated carbocycles. The normalized spacial score (nSPS) is 20.2. The standard InChI is InChI=1S/C15H18N2O2/c18-12-5-6-15(19)17(10-12)8-7-11-9-16-14-4-2-1-3-13(11)14/h1-4,9,12,16,18H,5-8,10H2. The number of aromatic amines is 1. The maximum absolute atomic E-state index is 11.8. The van der Waals surface area contributed by atoms with Crippen LogP contribution < -0.4 is 0 Å². The lowest BCUT2D eigenvalue weighted by molar-refractivity contribution is -0.136. The summed E-state index contributed by atoms with van der Waals surface area (Å²) in [6.07, 6.45) is 3.54. The van der Waals surface area contributed by atoms with Gasteiger partial charge in [0.05, 0.1) is 6.10 Å². The lowest BCUT2D eigenvalue weighted by atomic mass is 10.1. The number of likely N-dealkylation sites (tertiary alicyclic amines) is 1. The quantitative estimate of drug-likeness (QED) is 0.880. The van der Waals surface area contributed by atoms with Crippen LogP contribution in [0.1, 0.15) is 18.4 Å². The number of H-pyrrole nitrogens is 1. The van der Waals surface area contributed by atoms with Crippen LogP contribution >= 0.6 is 0 Å². The van der Waals surface area contributed by atoms with Gasteiger partial charge in [-0.3, -0.25) is 4.79 Å². The van der Waals surface area contributed by atoms with Gasteiger partial charge in [0, 0.05) is 36.6 Å². The molecule has 0 radical (unpaired) electrons. The fraction of sp³-hybridized carbons (Fsp3) is 0.400. The summed E-state index contributed by atoms with van der Waals surface area (Å²) >= 11 is 0. The number of carbonyl (C=O) groups excluding carboxylic acids is 1. The zero-order valence-electron chi connectivity index (χ0n) is 10.8. The summed E-state index contributed by atoms with van der Waals surface area (Å²) in [5, 5.41) is 10.8. The number of hydrogen-bond acceptors (Lipinski definition) is 2. The highest BCUT2D eigenvalue weighted by Crippen LogP contribution is 2.19. The first-order chi connectivity index (χ1) is 9.24. The van der Waals surface area contributed by atoms with Crippen LogP contribution in [0, 0.1) is 0 Å². The second-order valence-electron chi connectivity index (χ2n) is 5.14. The lowest BCUT2D eigenvalue weighted by Crippen LogP contribution is -2.43. The van der Waals surface area contributed by atoms with Crippen molar-refractivity contribution in [2.45, 2.75) is 25.4 Å². The number of hydrogen-bond donors (Lipinski definition) is 2. The van der Waals surface area contributed by atoms with Crippen molar-refractivity contribution in [3.63, 3.8) is 0 Å². The first kappa shape index (κ1) is 12.2. The molecule has 1 aromatic heterocycles. The second kappa shape index (κ2) is 5.05. The Morgan fingerprint density at radius 1 is 1.37 bits per heavy atom. The molecule has 2 N–H and O–H groups in total. The van der Waals surface area contributed by atoms with Gasteiger partial charge in [0.2, 0.25) is 5.91 Å². The average Bonchev–Trinajstić information content (AvgIpc) is 2.83. The monoisotopic (exact) mass is 258 g/mol. The van der Waals surface area contributed by atoms with Crippen LogP contribution in [-0.4, -0.2) is 40.1 Å². The van der Waals surface area contributed by atoms with Crippen LogP contribution in [0.5, 0.6) is 0 Å². The number of piperidine rings is 1. The number of nitrogens with one attached hydrogen (secondary N) is 1. The molecule has 1 aromatic carbocycles. The summed E-state index contributed by atoms with van der Waals surface area (Å²) < 4.78 is 0. The number of β-amino-alcohol motifs (C(OH)–C–C–N with tert-alkyl or cyclic N) is 1. The zero-order chi connectivity index (χ0) is 13.2. The molecule has 0 bridgehead atoms. The molecule has 2 aromatic rings. The number of benzene rings is 1. The van der Waals surface area contributed by atoms with Crippen LogP contribution in [0.15, 0.2) is 30.5 Å². The molecule has 2 heterocycles. The smallest absolute Gasteiger partial charge is 0.222 e. The fourth-order valence-corrected chi connectivity index (χ4v) is 2.71. The molecule has 0 spiro atoms. The van der Waals surface area contributed by atoms with Gasteiger partial charge in [-0.25, -0.2) is 0 Å². The van der Waals surface area contributed by atoms with Crippen LogP contribution in [0.3, 0.4) is 0 Å². The number of aromatic nitrogens is 1. The van der Waals surface area contributed by atoms with Crippen molar-refractivity contribution < 1.29 is 9.90 Å². The Bertz CT molecular complexity index is 591. The molecule has 1 aliphatic heterocycles. The summed E-state index contributed by atoms with van der Waals surface area (Å²) in [5.41, 5.74) is 2.35. The van der Waals surface area contributed by atoms with Crippen molar-refractivity contribution in [1.82, 2.24) is 9.88 Å². The van der Waals surface area contributed by atoms with Crippen LogP contribution in [-0.2, 0) is 11.2 Å². The van der Waals surface area contributed by atoms with E-state index in [4.69, 9.17) is 0 Å². The summed E-state index contributed by atoms with van der Waals surface area (Å²) in [5.74, 6) is 0.158. The van der Waals surface area contributed by atoms with E-state index in [1.165, 1.54) is 10.9 Å². The number of aliphatic hydroxyl groups excluding tert-OH is 1. The molecular formula is C15H18N2O2. The van der Waals surface area contributed by atoms with Crippen LogP contribution in [0.25, 0.3) is 10.9 Å². The van der Waals surface area contributed by atoms with Crippen molar-refractivity contribution in [2.24, 2.45) is 0 Å². The van der Waals surface area contributed by atoms with Crippen molar-refractivity contribution in [3.05, 3.63) is 36.0 Å². The summed E-state index contributed by atoms with van der Waals surface area (Å²) in [6.45, 7) is 1.15. The van der Waals surface area contributed by atoms with Crippen molar-refractivity contribution in [3.8, 4) is 0 Å². The van der Waals surface area contributed by atoms with E-state index in [1.807, 2.05) is 18.3 Å². The Morgan fingerprint density at radius 2 is 2.21 bits per heavy atom. The molecule has 1 unspecified atom stereocenters. The molecule has 1 saturated heterocycles. The highest BCUT2D eigenvalue weighted by molar-refractivity contribution is 5.83. The zero-order valence-corrected chi connectivity index (χ0v) is 10.8. The van der Waals surface area contributed by atoms with E-state index >= 15 is 0 Å². The Kier molecular flexibility index (Phi) is 3.25. The van der Waals surface area contributed by atoms with Gasteiger partial charge in [-0.1, -0.05) is 18.2 Å². The van der Waals surface area contributed by atoms with Crippen molar-refractivity contribution in [2.75, 3.05) is 13.1 Å². The van der Waals surface area contributed by atoms with Gasteiger partial charge in [0.15, 0.2) is 0 Å². The molecule has 1 amide bonds. The third-order valence-electron chi connectivity index (χ3n) is 3.80. The molecule has 1 atom stereocenters. The van der Waals surface area contributed by atoms with Crippen molar-refractivity contribution >= 4 is 16.8 Å². The SMILES string of the molecule is O=C1CCC(O)CN1CCc1c[nH]c2ccccc12. The van der Waals surface area contributed by atoms with Gasteiger partial charge in [-0.2, -0.15) is 0 Å². The minimum atomic E-state index is -0.360. The molecular weight excluding hydrogens is 240 g/mol. The predicted molar refractivity (Wildman–Crippen MR) is 73.8 cm³/mol. The van der Waals surface area contributed by atoms with Crippen molar-refractivity contribution in [1.29, 1.82) is 0 Å². The largest absolute Gasteiger partial charge is 0.391 e. The molecule has 0 aliphatic carbocycles. The number of para-hydroxylation sites is 1. The molecule has 4 nitrogen and oxygen atoms in total. The Balaban J connectivity index is 1.70. The Labute approximate surface area is 112 Å². The van der Waals surface area contributed by atoms with Gasteiger partial charge < -0.3 is 15.0 Å². The fourth-order valence-electron chi connectivity index (χ4n) is 2.71. The number of fused-ring (bicyclic) bond motifs is 1. The third kappa shape index (κ3) is 2.49. The highest BCUT2D eigenvalue weighted by atomic mass is 16.3. The minimum absolute atomic E-state index is 0.158. The first-order valence-corrected chi connectivity index (χ1v) is 6.75. The summed E-state index contributed by atoms with van der Waals surface area (Å²) in [7, 11) is 0. The molecule has 100 valence electrons. The van der Waals surface area contributed by atoms with E-state index in [-0.39, 0.29) is 12.0 Å².